The van der Waals surface area contributed by atoms with Gasteiger partial charge in [0.2, 0.25) is 0 Å². The van der Waals surface area contributed by atoms with Gasteiger partial charge in [0.15, 0.2) is 4.87 Å². The van der Waals surface area contributed by atoms with Crippen LogP contribution in [0.3, 0.4) is 0 Å². The van der Waals surface area contributed by atoms with Crippen molar-refractivity contribution in [2.24, 2.45) is 0 Å². The smallest absolute Gasteiger partial charge is 0.268 e. The summed E-state index contributed by atoms with van der Waals surface area (Å²) >= 11 is 1.51. The van der Waals surface area contributed by atoms with Crippen molar-refractivity contribution in [1.82, 2.24) is 4.90 Å². The summed E-state index contributed by atoms with van der Waals surface area (Å²) in [6.07, 6.45) is 0. The minimum Gasteiger partial charge on any atom is -0.497 e. The number of aryl methyl sites for hydroxylation is 1. The molecule has 1 fully saturated rings. The number of rotatable bonds is 5. The van der Waals surface area contributed by atoms with Crippen molar-refractivity contribution in [2.75, 3.05) is 31.4 Å². The maximum absolute atomic E-state index is 14.2. The third-order valence-corrected chi connectivity index (χ3v) is 7.86. The second kappa shape index (κ2) is 8.72. The van der Waals surface area contributed by atoms with Gasteiger partial charge in [-0.1, -0.05) is 29.8 Å². The molecule has 34 heavy (non-hydrogen) atoms. The highest BCUT2D eigenvalue weighted by Gasteiger charge is 2.59. The van der Waals surface area contributed by atoms with Gasteiger partial charge >= 0.3 is 0 Å². The van der Waals surface area contributed by atoms with Crippen molar-refractivity contribution in [1.29, 1.82) is 0 Å². The number of benzene rings is 3. The number of hydrogen-bond acceptors (Lipinski definition) is 5. The molecule has 6 nitrogen and oxygen atoms in total. The fourth-order valence-corrected chi connectivity index (χ4v) is 6.10. The Labute approximate surface area is 203 Å². The van der Waals surface area contributed by atoms with Crippen molar-refractivity contribution in [3.05, 3.63) is 89.0 Å². The molecular formula is C27H26N2O4S. The number of thioether (sulfide) groups is 1. The first-order chi connectivity index (χ1) is 16.5. The lowest BCUT2D eigenvalue weighted by atomic mass is 10.0. The van der Waals surface area contributed by atoms with Crippen molar-refractivity contribution in [3.8, 4) is 11.5 Å². The normalized spacial score (nSPS) is 19.0. The molecule has 2 heterocycles. The highest BCUT2D eigenvalue weighted by Crippen LogP contribution is 2.55. The van der Waals surface area contributed by atoms with Crippen LogP contribution in [0.4, 0.5) is 5.69 Å². The maximum Gasteiger partial charge on any atom is 0.268 e. The summed E-state index contributed by atoms with van der Waals surface area (Å²) in [7, 11) is 3.20. The summed E-state index contributed by atoms with van der Waals surface area (Å²) < 4.78 is 10.7. The lowest BCUT2D eigenvalue weighted by molar-refractivity contribution is -0.123. The molecule has 1 saturated heterocycles. The Morgan fingerprint density at radius 1 is 0.971 bits per heavy atom. The molecule has 0 aromatic heterocycles. The first kappa shape index (κ1) is 22.3. The SMILES string of the molecule is COc1ccc(C(=O)N2CCS[C@@]23C(=O)N(Cc2ccc(C)cc2)c2ccc(OC)cc23)cc1. The number of hydrogen-bond donors (Lipinski definition) is 0. The molecule has 2 aliphatic rings. The largest absolute Gasteiger partial charge is 0.497 e. The Morgan fingerprint density at radius 3 is 2.32 bits per heavy atom. The van der Waals surface area contributed by atoms with Gasteiger partial charge in [0.05, 0.1) is 26.5 Å². The van der Waals surface area contributed by atoms with Crippen LogP contribution in [0.25, 0.3) is 0 Å². The fraction of sp³-hybridized carbons (Fsp3) is 0.259. The monoisotopic (exact) mass is 474 g/mol. The molecule has 0 unspecified atom stereocenters. The molecular weight excluding hydrogens is 448 g/mol. The maximum atomic E-state index is 14.2. The van der Waals surface area contributed by atoms with Gasteiger partial charge in [-0.2, -0.15) is 0 Å². The minimum absolute atomic E-state index is 0.0966. The van der Waals surface area contributed by atoms with Crippen LogP contribution in [0.5, 0.6) is 11.5 Å². The molecule has 0 N–H and O–H groups in total. The van der Waals surface area contributed by atoms with Crippen molar-refractivity contribution < 1.29 is 19.1 Å². The molecule has 0 bridgehead atoms. The van der Waals surface area contributed by atoms with E-state index in [1.54, 1.807) is 48.3 Å². The van der Waals surface area contributed by atoms with E-state index in [0.29, 0.717) is 35.9 Å². The first-order valence-electron chi connectivity index (χ1n) is 11.1. The predicted octanol–water partition coefficient (Wildman–Crippen LogP) is 4.60. The number of methoxy groups -OCH3 is 2. The zero-order valence-electron chi connectivity index (χ0n) is 19.4. The summed E-state index contributed by atoms with van der Waals surface area (Å²) in [6.45, 7) is 2.96. The van der Waals surface area contributed by atoms with Gasteiger partial charge < -0.3 is 19.3 Å². The molecule has 1 spiro atoms. The van der Waals surface area contributed by atoms with Crippen molar-refractivity contribution in [3.63, 3.8) is 0 Å². The van der Waals surface area contributed by atoms with Crippen molar-refractivity contribution >= 4 is 29.3 Å². The average molecular weight is 475 g/mol. The summed E-state index contributed by atoms with van der Waals surface area (Å²) in [5, 5.41) is 0. The van der Waals surface area contributed by atoms with Crippen LogP contribution in [0.1, 0.15) is 27.0 Å². The molecule has 2 aliphatic heterocycles. The lowest BCUT2D eigenvalue weighted by Crippen LogP contribution is -2.50. The number of anilines is 1. The van der Waals surface area contributed by atoms with Crippen molar-refractivity contribution in [2.45, 2.75) is 18.3 Å². The third kappa shape index (κ3) is 3.51. The fourth-order valence-electron chi connectivity index (χ4n) is 4.64. The predicted molar refractivity (Wildman–Crippen MR) is 134 cm³/mol. The Hall–Kier alpha value is -3.45. The van der Waals surface area contributed by atoms with Crippen LogP contribution in [0, 0.1) is 6.92 Å². The molecule has 3 aromatic rings. The summed E-state index contributed by atoms with van der Waals surface area (Å²) in [6, 6.07) is 20.9. The van der Waals surface area contributed by atoms with Gasteiger partial charge in [-0.3, -0.25) is 9.59 Å². The van der Waals surface area contributed by atoms with Gasteiger partial charge in [-0.15, -0.1) is 11.8 Å². The third-order valence-electron chi connectivity index (χ3n) is 6.44. The van der Waals surface area contributed by atoms with Gasteiger partial charge in [-0.25, -0.2) is 0 Å². The van der Waals surface area contributed by atoms with E-state index in [9.17, 15) is 9.59 Å². The number of nitrogens with zero attached hydrogens (tertiary/aromatic N) is 2. The number of fused-ring (bicyclic) bond motifs is 2. The molecule has 3 aromatic carbocycles. The Morgan fingerprint density at radius 2 is 1.65 bits per heavy atom. The molecule has 1 atom stereocenters. The summed E-state index contributed by atoms with van der Waals surface area (Å²) in [4.78, 5) is 30.2. The van der Waals surface area contributed by atoms with Gasteiger partial charge in [0, 0.05) is 23.4 Å². The quantitative estimate of drug-likeness (QED) is 0.541. The van der Waals surface area contributed by atoms with Crippen LogP contribution in [0.15, 0.2) is 66.7 Å². The van der Waals surface area contributed by atoms with Crippen LogP contribution in [0.2, 0.25) is 0 Å². The molecule has 5 rings (SSSR count). The van der Waals surface area contributed by atoms with Crippen LogP contribution < -0.4 is 14.4 Å². The topological polar surface area (TPSA) is 59.1 Å². The summed E-state index contributed by atoms with van der Waals surface area (Å²) in [5.74, 6) is 1.74. The van der Waals surface area contributed by atoms with E-state index in [1.807, 2.05) is 49.4 Å². The van der Waals surface area contributed by atoms with Crippen LogP contribution in [-0.2, 0) is 16.2 Å². The Bertz CT molecular complexity index is 1240. The standard InChI is InChI=1S/C27H26N2O4S/c1-18-4-6-19(7-5-18)17-28-24-13-12-22(33-3)16-23(24)27(26(28)31)29(14-15-34-27)25(30)20-8-10-21(32-2)11-9-20/h4-13,16H,14-15,17H2,1-3H3/t27-/m0/s1. The average Bonchev–Trinajstić information content (AvgIpc) is 3.41. The van der Waals surface area contributed by atoms with E-state index in [-0.39, 0.29) is 11.8 Å². The first-order valence-corrected chi connectivity index (χ1v) is 12.1. The van der Waals surface area contributed by atoms with E-state index >= 15 is 0 Å². The highest BCUT2D eigenvalue weighted by molar-refractivity contribution is 8.01. The van der Waals surface area contributed by atoms with Gasteiger partial charge in [0.25, 0.3) is 11.8 Å². The number of carbonyl (C=O) groups excluding carboxylic acids is 2. The number of carbonyl (C=O) groups is 2. The molecule has 0 radical (unpaired) electrons. The number of ether oxygens (including phenoxy) is 2. The Balaban J connectivity index is 1.58. The molecule has 174 valence electrons. The van der Waals surface area contributed by atoms with E-state index in [0.717, 1.165) is 16.8 Å². The zero-order valence-corrected chi connectivity index (χ0v) is 20.2. The Kier molecular flexibility index (Phi) is 5.73. The van der Waals surface area contributed by atoms with Gasteiger partial charge in [0.1, 0.15) is 11.5 Å². The highest BCUT2D eigenvalue weighted by atomic mass is 32.2. The zero-order chi connectivity index (χ0) is 23.9. The van der Waals surface area contributed by atoms with Gasteiger partial charge in [-0.05, 0) is 55.0 Å². The summed E-state index contributed by atoms with van der Waals surface area (Å²) in [5.41, 5.74) is 4.34. The molecule has 0 saturated carbocycles. The van der Waals surface area contributed by atoms with Crippen LogP contribution >= 0.6 is 11.8 Å². The molecule has 7 heteroatoms. The van der Waals surface area contributed by atoms with E-state index in [2.05, 4.69) is 0 Å². The van der Waals surface area contributed by atoms with E-state index < -0.39 is 4.87 Å². The number of amides is 2. The van der Waals surface area contributed by atoms with E-state index in [4.69, 9.17) is 9.47 Å². The minimum atomic E-state index is -1.12. The molecule has 2 amide bonds. The molecule has 0 aliphatic carbocycles. The second-order valence-corrected chi connectivity index (χ2v) is 9.73. The van der Waals surface area contributed by atoms with E-state index in [1.165, 1.54) is 17.3 Å². The van der Waals surface area contributed by atoms with Crippen LogP contribution in [-0.4, -0.2) is 43.2 Å². The second-order valence-electron chi connectivity index (χ2n) is 8.44. The lowest BCUT2D eigenvalue weighted by Gasteiger charge is -2.33.